The van der Waals surface area contributed by atoms with E-state index < -0.39 is 0 Å². The van der Waals surface area contributed by atoms with Crippen molar-refractivity contribution in [1.29, 1.82) is 0 Å². The smallest absolute Gasteiger partial charge is 0.204 e. The number of aromatic nitrogens is 5. The van der Waals surface area contributed by atoms with Crippen molar-refractivity contribution in [2.45, 2.75) is 0 Å². The third kappa shape index (κ3) is 5.34. The average Bonchev–Trinajstić information content (AvgIpc) is 3.41. The standard InChI is InChI=1S/C29H26N6O3/c1-34-19-20(16-32-34)29-18-31-27-10-8-22(14-28(27)33-29)35(23-12-25(37-3)15-26(13-23)38-4)11-5-6-21-7-9-24(36-2)17-30-21/h7-10,12-19H,11H2,1-4H3/p+1. The summed E-state index contributed by atoms with van der Waals surface area (Å²) >= 11 is 0. The van der Waals surface area contributed by atoms with Gasteiger partial charge >= 0.3 is 0 Å². The molecule has 5 aromatic rings. The van der Waals surface area contributed by atoms with Crippen LogP contribution in [0, 0.1) is 11.8 Å². The number of anilines is 2. The monoisotopic (exact) mass is 507 g/mol. The minimum Gasteiger partial charge on any atom is -0.497 e. The first-order chi connectivity index (χ1) is 18.6. The summed E-state index contributed by atoms with van der Waals surface area (Å²) < 4.78 is 18.1. The van der Waals surface area contributed by atoms with Gasteiger partial charge in [0, 0.05) is 29.6 Å². The molecule has 190 valence electrons. The summed E-state index contributed by atoms with van der Waals surface area (Å²) in [5.41, 5.74) is 5.73. The summed E-state index contributed by atoms with van der Waals surface area (Å²) in [7, 11) is 6.80. The lowest BCUT2D eigenvalue weighted by Crippen LogP contribution is -2.27. The van der Waals surface area contributed by atoms with Crippen LogP contribution in [0.3, 0.4) is 0 Å². The Balaban J connectivity index is 1.55. The molecule has 0 fully saturated rings. The molecule has 5 rings (SSSR count). The third-order valence-electron chi connectivity index (χ3n) is 5.96. The molecular formula is C29H27N6O3+. The SMILES string of the molecule is COc1ccc(C#CCN(c2cc(OC)cc(OC)c2)c2ccc3ncc(-c4c[nH][n+](C)c4)nc3c2)nc1. The van der Waals surface area contributed by atoms with Crippen LogP contribution in [0.25, 0.3) is 22.3 Å². The predicted molar refractivity (Wildman–Crippen MR) is 145 cm³/mol. The maximum atomic E-state index is 5.52. The summed E-state index contributed by atoms with van der Waals surface area (Å²) in [5.74, 6) is 8.43. The molecule has 38 heavy (non-hydrogen) atoms. The van der Waals surface area contributed by atoms with E-state index in [1.165, 1.54) is 0 Å². The summed E-state index contributed by atoms with van der Waals surface area (Å²) in [5, 5.41) is 3.12. The van der Waals surface area contributed by atoms with Crippen LogP contribution in [0.2, 0.25) is 0 Å². The van der Waals surface area contributed by atoms with Crippen molar-refractivity contribution in [3.63, 3.8) is 0 Å². The van der Waals surface area contributed by atoms with Crippen molar-refractivity contribution in [2.75, 3.05) is 32.8 Å². The molecule has 9 nitrogen and oxygen atoms in total. The fourth-order valence-electron chi connectivity index (χ4n) is 3.97. The predicted octanol–water partition coefficient (Wildman–Crippen LogP) is 4.06. The Morgan fingerprint density at radius 3 is 2.29 bits per heavy atom. The molecule has 2 aromatic carbocycles. The van der Waals surface area contributed by atoms with Gasteiger partial charge in [0.25, 0.3) is 0 Å². The molecule has 1 N–H and O–H groups in total. The number of aromatic amines is 1. The minimum absolute atomic E-state index is 0.385. The minimum atomic E-state index is 0.385. The van der Waals surface area contributed by atoms with Gasteiger partial charge < -0.3 is 19.1 Å². The molecule has 0 radical (unpaired) electrons. The van der Waals surface area contributed by atoms with Gasteiger partial charge in [0.05, 0.1) is 68.8 Å². The van der Waals surface area contributed by atoms with Crippen LogP contribution < -0.4 is 23.8 Å². The number of nitrogens with one attached hydrogen (secondary N) is 1. The van der Waals surface area contributed by atoms with Crippen LogP contribution in [0.4, 0.5) is 11.4 Å². The van der Waals surface area contributed by atoms with Gasteiger partial charge in [0.15, 0.2) is 7.05 Å². The number of hydrogen-bond acceptors (Lipinski definition) is 7. The molecule has 0 unspecified atom stereocenters. The molecule has 0 saturated carbocycles. The number of aryl methyl sites for hydroxylation is 1. The van der Waals surface area contributed by atoms with E-state index in [2.05, 4.69) is 31.8 Å². The number of pyridine rings is 1. The fourth-order valence-corrected chi connectivity index (χ4v) is 3.97. The van der Waals surface area contributed by atoms with Crippen molar-refractivity contribution < 1.29 is 18.9 Å². The van der Waals surface area contributed by atoms with E-state index in [4.69, 9.17) is 19.2 Å². The maximum absolute atomic E-state index is 5.52. The Bertz CT molecular complexity index is 1610. The van der Waals surface area contributed by atoms with Gasteiger partial charge in [-0.05, 0) is 36.3 Å². The quantitative estimate of drug-likeness (QED) is 0.263. The second-order valence-electron chi connectivity index (χ2n) is 8.44. The normalized spacial score (nSPS) is 10.5. The zero-order valence-corrected chi connectivity index (χ0v) is 21.6. The Labute approximate surface area is 220 Å². The third-order valence-corrected chi connectivity index (χ3v) is 5.96. The Morgan fingerprint density at radius 1 is 0.842 bits per heavy atom. The number of ether oxygens (including phenoxy) is 3. The lowest BCUT2D eigenvalue weighted by atomic mass is 10.2. The molecule has 3 heterocycles. The van der Waals surface area contributed by atoms with Gasteiger partial charge in [-0.15, -0.1) is 4.68 Å². The molecule has 0 aliphatic carbocycles. The molecule has 0 saturated heterocycles. The molecule has 3 aromatic heterocycles. The van der Waals surface area contributed by atoms with Crippen LogP contribution in [0.1, 0.15) is 5.69 Å². The van der Waals surface area contributed by atoms with Gasteiger partial charge in [0.2, 0.25) is 6.20 Å². The van der Waals surface area contributed by atoms with Crippen molar-refractivity contribution in [3.05, 3.63) is 79.0 Å². The van der Waals surface area contributed by atoms with Gasteiger partial charge in [-0.2, -0.15) is 5.10 Å². The first kappa shape index (κ1) is 24.6. The van der Waals surface area contributed by atoms with E-state index in [0.717, 1.165) is 33.7 Å². The summed E-state index contributed by atoms with van der Waals surface area (Å²) in [6.07, 6.45) is 7.30. The largest absolute Gasteiger partial charge is 0.497 e. The van der Waals surface area contributed by atoms with E-state index >= 15 is 0 Å². The topological polar surface area (TPSA) is 89.3 Å². The number of fused-ring (bicyclic) bond motifs is 1. The van der Waals surface area contributed by atoms with Crippen LogP contribution in [-0.4, -0.2) is 47.9 Å². The van der Waals surface area contributed by atoms with Crippen molar-refractivity contribution in [2.24, 2.45) is 7.05 Å². The number of nitrogens with zero attached hydrogens (tertiary/aromatic N) is 5. The highest BCUT2D eigenvalue weighted by Crippen LogP contribution is 2.34. The Kier molecular flexibility index (Phi) is 7.04. The van der Waals surface area contributed by atoms with Crippen molar-refractivity contribution >= 4 is 22.4 Å². The molecule has 0 bridgehead atoms. The summed E-state index contributed by atoms with van der Waals surface area (Å²) in [6, 6.07) is 15.4. The summed E-state index contributed by atoms with van der Waals surface area (Å²) in [4.78, 5) is 15.9. The van der Waals surface area contributed by atoms with E-state index in [1.54, 1.807) is 33.7 Å². The first-order valence-corrected chi connectivity index (χ1v) is 11.9. The number of rotatable bonds is 7. The number of H-pyrrole nitrogens is 1. The summed E-state index contributed by atoms with van der Waals surface area (Å²) in [6.45, 7) is 0.385. The van der Waals surface area contributed by atoms with Gasteiger partial charge in [-0.1, -0.05) is 5.92 Å². The van der Waals surface area contributed by atoms with Gasteiger partial charge in [0.1, 0.15) is 22.9 Å². The molecule has 0 atom stereocenters. The number of methoxy groups -OCH3 is 3. The van der Waals surface area contributed by atoms with Crippen molar-refractivity contribution in [3.8, 4) is 40.3 Å². The van der Waals surface area contributed by atoms with Crippen molar-refractivity contribution in [1.82, 2.24) is 20.1 Å². The highest BCUT2D eigenvalue weighted by molar-refractivity contribution is 5.83. The van der Waals surface area contributed by atoms with E-state index in [-0.39, 0.29) is 0 Å². The van der Waals surface area contributed by atoms with E-state index in [1.807, 2.05) is 72.7 Å². The molecule has 0 amide bonds. The fraction of sp³-hybridized carbons (Fsp3) is 0.172. The maximum Gasteiger partial charge on any atom is 0.204 e. The number of benzene rings is 2. The highest BCUT2D eigenvalue weighted by Gasteiger charge is 2.14. The van der Waals surface area contributed by atoms with Gasteiger partial charge in [-0.25, -0.2) is 9.97 Å². The lowest BCUT2D eigenvalue weighted by Gasteiger charge is -2.24. The highest BCUT2D eigenvalue weighted by atomic mass is 16.5. The first-order valence-electron chi connectivity index (χ1n) is 11.9. The Hall–Kier alpha value is -5.10. The lowest BCUT2D eigenvalue weighted by molar-refractivity contribution is -0.726. The van der Waals surface area contributed by atoms with E-state index in [0.29, 0.717) is 29.5 Å². The zero-order chi connectivity index (χ0) is 26.5. The number of hydrogen-bond donors (Lipinski definition) is 1. The van der Waals surface area contributed by atoms with Crippen LogP contribution in [0.15, 0.2) is 73.3 Å². The second kappa shape index (κ2) is 10.9. The van der Waals surface area contributed by atoms with E-state index in [9.17, 15) is 0 Å². The molecule has 9 heteroatoms. The van der Waals surface area contributed by atoms with Crippen LogP contribution in [0.5, 0.6) is 17.2 Å². The average molecular weight is 508 g/mol. The Morgan fingerprint density at radius 2 is 1.63 bits per heavy atom. The molecule has 0 spiro atoms. The van der Waals surface area contributed by atoms with Crippen LogP contribution >= 0.6 is 0 Å². The second-order valence-corrected chi connectivity index (χ2v) is 8.44. The van der Waals surface area contributed by atoms with Gasteiger partial charge in [-0.3, -0.25) is 4.98 Å². The molecule has 0 aliphatic rings. The van der Waals surface area contributed by atoms with Crippen LogP contribution in [-0.2, 0) is 7.05 Å². The molecular weight excluding hydrogens is 480 g/mol. The zero-order valence-electron chi connectivity index (χ0n) is 21.6. The molecule has 0 aliphatic heterocycles.